The molecule has 1 unspecified atom stereocenters. The number of sulfone groups is 1. The lowest BCUT2D eigenvalue weighted by molar-refractivity contribution is -0.138. The van der Waals surface area contributed by atoms with Gasteiger partial charge in [-0.3, -0.25) is 4.79 Å². The lowest BCUT2D eigenvalue weighted by Gasteiger charge is -2.20. The molecule has 150 valence electrons. The Morgan fingerprint density at radius 3 is 2.39 bits per heavy atom. The normalized spacial score (nSPS) is 17.8. The minimum absolute atomic E-state index is 0.143. The van der Waals surface area contributed by atoms with E-state index in [0.29, 0.717) is 24.1 Å². The summed E-state index contributed by atoms with van der Waals surface area (Å²) in [6.07, 6.45) is 2.30. The molecule has 9 heteroatoms. The van der Waals surface area contributed by atoms with Crippen LogP contribution in [0.1, 0.15) is 12.8 Å². The molecule has 28 heavy (non-hydrogen) atoms. The number of carbonyl (C=O) groups excluding carboxylic acids is 1. The first-order chi connectivity index (χ1) is 13.2. The van der Waals surface area contributed by atoms with Gasteiger partial charge < -0.3 is 9.50 Å². The molecule has 0 bridgehead atoms. The van der Waals surface area contributed by atoms with Crippen molar-refractivity contribution in [3.05, 3.63) is 48.5 Å². The van der Waals surface area contributed by atoms with E-state index in [1.54, 1.807) is 30.3 Å². The van der Waals surface area contributed by atoms with Crippen LogP contribution in [0.2, 0.25) is 0 Å². The first-order valence-corrected chi connectivity index (χ1v) is 12.1. The van der Waals surface area contributed by atoms with Gasteiger partial charge in [0.15, 0.2) is 9.84 Å². The fourth-order valence-electron chi connectivity index (χ4n) is 3.10. The SMILES string of the molecule is CS(=O)(=O)c1cc(S(=O)(=O)OC(=O)C2CCCNC2)ccc1-c1ccccc1. The Labute approximate surface area is 164 Å². The molecule has 2 aromatic carbocycles. The van der Waals surface area contributed by atoms with E-state index in [4.69, 9.17) is 4.18 Å². The van der Waals surface area contributed by atoms with E-state index in [9.17, 15) is 21.6 Å². The van der Waals surface area contributed by atoms with E-state index in [1.807, 2.05) is 0 Å². The lowest BCUT2D eigenvalue weighted by atomic mass is 10.0. The van der Waals surface area contributed by atoms with E-state index in [2.05, 4.69) is 5.32 Å². The third kappa shape index (κ3) is 4.60. The van der Waals surface area contributed by atoms with Crippen molar-refractivity contribution in [2.75, 3.05) is 19.3 Å². The number of hydrogen-bond acceptors (Lipinski definition) is 7. The Morgan fingerprint density at radius 1 is 1.07 bits per heavy atom. The molecule has 0 saturated carbocycles. The average molecular weight is 424 g/mol. The van der Waals surface area contributed by atoms with Crippen LogP contribution in [-0.4, -0.2) is 42.2 Å². The molecular weight excluding hydrogens is 402 g/mol. The highest BCUT2D eigenvalue weighted by atomic mass is 32.2. The molecule has 1 aliphatic rings. The van der Waals surface area contributed by atoms with Crippen LogP contribution in [0, 0.1) is 5.92 Å². The standard InChI is InChI=1S/C19H21NO6S2/c1-27(22,23)18-12-16(9-10-17(18)14-6-3-2-4-7-14)28(24,25)26-19(21)15-8-5-11-20-13-15/h2-4,6-7,9-10,12,15,20H,5,8,11,13H2,1H3. The van der Waals surface area contributed by atoms with Crippen LogP contribution in [0.4, 0.5) is 0 Å². The molecule has 0 radical (unpaired) electrons. The van der Waals surface area contributed by atoms with Gasteiger partial charge in [-0.1, -0.05) is 36.4 Å². The van der Waals surface area contributed by atoms with Crippen molar-refractivity contribution >= 4 is 25.9 Å². The maximum absolute atomic E-state index is 12.6. The number of piperidine rings is 1. The number of rotatable bonds is 5. The van der Waals surface area contributed by atoms with Gasteiger partial charge in [0.1, 0.15) is 4.90 Å². The molecule has 0 amide bonds. The fraction of sp³-hybridized carbons (Fsp3) is 0.316. The average Bonchev–Trinajstić information content (AvgIpc) is 2.68. The molecule has 0 aromatic heterocycles. The number of carbonyl (C=O) groups is 1. The van der Waals surface area contributed by atoms with E-state index in [-0.39, 0.29) is 9.79 Å². The zero-order valence-electron chi connectivity index (χ0n) is 15.3. The van der Waals surface area contributed by atoms with Crippen LogP contribution in [0.25, 0.3) is 11.1 Å². The van der Waals surface area contributed by atoms with Crippen LogP contribution in [-0.2, 0) is 28.9 Å². The Balaban J connectivity index is 1.97. The Hall–Kier alpha value is -2.23. The van der Waals surface area contributed by atoms with Crippen LogP contribution >= 0.6 is 0 Å². The summed E-state index contributed by atoms with van der Waals surface area (Å²) < 4.78 is 54.4. The maximum Gasteiger partial charge on any atom is 0.341 e. The summed E-state index contributed by atoms with van der Waals surface area (Å²) in [5.41, 5.74) is 1.02. The predicted molar refractivity (Wildman–Crippen MR) is 104 cm³/mol. The van der Waals surface area contributed by atoms with Crippen LogP contribution in [0.15, 0.2) is 58.3 Å². The van der Waals surface area contributed by atoms with E-state index < -0.39 is 31.8 Å². The fourth-order valence-corrected chi connectivity index (χ4v) is 5.04. The summed E-state index contributed by atoms with van der Waals surface area (Å²) in [5.74, 6) is -1.37. The molecule has 7 nitrogen and oxygen atoms in total. The number of nitrogens with one attached hydrogen (secondary N) is 1. The van der Waals surface area contributed by atoms with Crippen molar-refractivity contribution in [1.29, 1.82) is 0 Å². The minimum Gasteiger partial charge on any atom is -0.342 e. The molecule has 0 aliphatic carbocycles. The zero-order chi connectivity index (χ0) is 20.4. The molecule has 1 fully saturated rings. The van der Waals surface area contributed by atoms with Crippen molar-refractivity contribution < 1.29 is 25.8 Å². The third-order valence-electron chi connectivity index (χ3n) is 4.55. The van der Waals surface area contributed by atoms with Crippen molar-refractivity contribution in [3.8, 4) is 11.1 Å². The van der Waals surface area contributed by atoms with Crippen LogP contribution in [0.5, 0.6) is 0 Å². The second-order valence-corrected chi connectivity index (χ2v) is 10.2. The molecule has 1 aliphatic heterocycles. The lowest BCUT2D eigenvalue weighted by Crippen LogP contribution is -2.36. The molecule has 0 spiro atoms. The molecule has 3 rings (SSSR count). The smallest absolute Gasteiger partial charge is 0.341 e. The highest BCUT2D eigenvalue weighted by Crippen LogP contribution is 2.30. The Morgan fingerprint density at radius 2 is 1.79 bits per heavy atom. The van der Waals surface area contributed by atoms with E-state index in [0.717, 1.165) is 25.3 Å². The van der Waals surface area contributed by atoms with Crippen molar-refractivity contribution in [2.24, 2.45) is 5.92 Å². The Bertz CT molecular complexity index is 1070. The molecule has 2 aromatic rings. The zero-order valence-corrected chi connectivity index (χ0v) is 16.9. The topological polar surface area (TPSA) is 107 Å². The van der Waals surface area contributed by atoms with Gasteiger partial charge in [0.05, 0.1) is 10.8 Å². The van der Waals surface area contributed by atoms with Crippen LogP contribution < -0.4 is 5.32 Å². The van der Waals surface area contributed by atoms with Gasteiger partial charge in [-0.25, -0.2) is 8.42 Å². The quantitative estimate of drug-likeness (QED) is 0.733. The molecule has 1 atom stereocenters. The van der Waals surface area contributed by atoms with Gasteiger partial charge in [-0.2, -0.15) is 8.42 Å². The minimum atomic E-state index is -4.43. The van der Waals surface area contributed by atoms with Gasteiger partial charge in [-0.15, -0.1) is 0 Å². The highest BCUT2D eigenvalue weighted by molar-refractivity contribution is 7.91. The second-order valence-electron chi connectivity index (χ2n) is 6.70. The van der Waals surface area contributed by atoms with Crippen LogP contribution in [0.3, 0.4) is 0 Å². The summed E-state index contributed by atoms with van der Waals surface area (Å²) in [6, 6.07) is 12.5. The van der Waals surface area contributed by atoms with Gasteiger partial charge >= 0.3 is 16.1 Å². The summed E-state index contributed by atoms with van der Waals surface area (Å²) >= 11 is 0. The molecule has 1 saturated heterocycles. The third-order valence-corrected chi connectivity index (χ3v) is 6.90. The van der Waals surface area contributed by atoms with Gasteiger partial charge in [-0.05, 0) is 37.1 Å². The van der Waals surface area contributed by atoms with Crippen molar-refractivity contribution in [3.63, 3.8) is 0 Å². The first-order valence-electron chi connectivity index (χ1n) is 8.77. The number of benzene rings is 2. The maximum atomic E-state index is 12.6. The largest absolute Gasteiger partial charge is 0.342 e. The predicted octanol–water partition coefficient (Wildman–Crippen LogP) is 1.99. The second kappa shape index (κ2) is 8.02. The summed E-state index contributed by atoms with van der Waals surface area (Å²) in [6.45, 7) is 1.13. The molecule has 1 N–H and O–H groups in total. The number of hydrogen-bond donors (Lipinski definition) is 1. The van der Waals surface area contributed by atoms with Crippen molar-refractivity contribution in [2.45, 2.75) is 22.6 Å². The molecule has 1 heterocycles. The summed E-state index contributed by atoms with van der Waals surface area (Å²) in [5, 5.41) is 3.02. The summed E-state index contributed by atoms with van der Waals surface area (Å²) in [7, 11) is -8.16. The highest BCUT2D eigenvalue weighted by Gasteiger charge is 2.29. The monoisotopic (exact) mass is 423 g/mol. The van der Waals surface area contributed by atoms with Gasteiger partial charge in [0.2, 0.25) is 0 Å². The summed E-state index contributed by atoms with van der Waals surface area (Å²) in [4.78, 5) is 11.7. The Kier molecular flexibility index (Phi) is 5.87. The van der Waals surface area contributed by atoms with Crippen molar-refractivity contribution in [1.82, 2.24) is 5.32 Å². The van der Waals surface area contributed by atoms with Gasteiger partial charge in [0, 0.05) is 18.4 Å². The first kappa shape index (κ1) is 20.5. The van der Waals surface area contributed by atoms with Gasteiger partial charge in [0.25, 0.3) is 0 Å². The molecular formula is C19H21NO6S2. The van der Waals surface area contributed by atoms with E-state index in [1.165, 1.54) is 12.1 Å². The van der Waals surface area contributed by atoms with E-state index >= 15 is 0 Å².